The number of hydrogen-bond donors (Lipinski definition) is 2. The minimum absolute atomic E-state index is 0.0679. The largest absolute Gasteiger partial charge is 0.396 e. The molecule has 0 spiro atoms. The van der Waals surface area contributed by atoms with E-state index in [4.69, 9.17) is 5.73 Å². The molecule has 0 amide bonds. The van der Waals surface area contributed by atoms with Crippen LogP contribution >= 0.6 is 0 Å². The van der Waals surface area contributed by atoms with Crippen LogP contribution in [-0.4, -0.2) is 11.7 Å². The average Bonchev–Trinajstić information content (AvgIpc) is 2.20. The molecule has 0 radical (unpaired) electrons. The Balaban J connectivity index is 3.10. The van der Waals surface area contributed by atoms with Crippen molar-refractivity contribution in [2.75, 3.05) is 6.61 Å². The topological polar surface area (TPSA) is 46.2 Å². The molecule has 3 heteroatoms. The molecule has 1 rings (SSSR count). The van der Waals surface area contributed by atoms with Crippen LogP contribution in [0.4, 0.5) is 4.39 Å². The Morgan fingerprint density at radius 1 is 1.47 bits per heavy atom. The number of hydrogen-bond acceptors (Lipinski definition) is 2. The van der Waals surface area contributed by atoms with Crippen molar-refractivity contribution in [3.05, 3.63) is 35.1 Å². The first-order valence-corrected chi connectivity index (χ1v) is 5.01. The Morgan fingerprint density at radius 2 is 2.07 bits per heavy atom. The van der Waals surface area contributed by atoms with Crippen LogP contribution in [0.15, 0.2) is 18.2 Å². The summed E-state index contributed by atoms with van der Waals surface area (Å²) in [7, 11) is 0. The number of benzene rings is 1. The molecule has 1 aromatic rings. The second kappa shape index (κ2) is 4.29. The van der Waals surface area contributed by atoms with Crippen LogP contribution in [0.3, 0.4) is 0 Å². The molecule has 2 nitrogen and oxygen atoms in total. The van der Waals surface area contributed by atoms with Crippen molar-refractivity contribution in [1.29, 1.82) is 0 Å². The van der Waals surface area contributed by atoms with E-state index in [1.165, 1.54) is 6.07 Å². The van der Waals surface area contributed by atoms with Crippen LogP contribution < -0.4 is 5.73 Å². The molecule has 0 heterocycles. The Labute approximate surface area is 89.9 Å². The number of rotatable bonds is 3. The smallest absolute Gasteiger partial charge is 0.128 e. The van der Waals surface area contributed by atoms with Crippen molar-refractivity contribution in [3.8, 4) is 0 Å². The van der Waals surface area contributed by atoms with E-state index in [0.29, 0.717) is 5.56 Å². The molecule has 0 aromatic heterocycles. The van der Waals surface area contributed by atoms with Crippen molar-refractivity contribution < 1.29 is 9.50 Å². The van der Waals surface area contributed by atoms with E-state index in [1.807, 2.05) is 20.8 Å². The lowest BCUT2D eigenvalue weighted by Crippen LogP contribution is -2.33. The molecule has 84 valence electrons. The second-order valence-electron chi connectivity index (χ2n) is 4.65. The molecule has 0 aliphatic rings. The summed E-state index contributed by atoms with van der Waals surface area (Å²) in [5.74, 6) is -0.311. The molecule has 1 aromatic carbocycles. The van der Waals surface area contributed by atoms with E-state index in [-0.39, 0.29) is 12.4 Å². The summed E-state index contributed by atoms with van der Waals surface area (Å²) in [6.07, 6.45) is 0. The van der Waals surface area contributed by atoms with Gasteiger partial charge in [0.1, 0.15) is 5.82 Å². The molecule has 0 saturated carbocycles. The van der Waals surface area contributed by atoms with Gasteiger partial charge in [0.15, 0.2) is 0 Å². The van der Waals surface area contributed by atoms with Gasteiger partial charge < -0.3 is 10.8 Å². The highest BCUT2D eigenvalue weighted by molar-refractivity contribution is 5.27. The summed E-state index contributed by atoms with van der Waals surface area (Å²) in [6, 6.07) is 4.36. The first kappa shape index (κ1) is 12.1. The fourth-order valence-corrected chi connectivity index (χ4v) is 1.42. The summed E-state index contributed by atoms with van der Waals surface area (Å²) < 4.78 is 13.5. The van der Waals surface area contributed by atoms with Gasteiger partial charge in [-0.3, -0.25) is 0 Å². The van der Waals surface area contributed by atoms with Gasteiger partial charge in [-0.15, -0.1) is 0 Å². The van der Waals surface area contributed by atoms with Crippen LogP contribution in [0.5, 0.6) is 0 Å². The van der Waals surface area contributed by atoms with Crippen molar-refractivity contribution in [2.24, 2.45) is 11.1 Å². The van der Waals surface area contributed by atoms with Crippen LogP contribution in [0.2, 0.25) is 0 Å². The third-order valence-corrected chi connectivity index (χ3v) is 2.74. The van der Waals surface area contributed by atoms with Crippen LogP contribution in [-0.2, 0) is 0 Å². The zero-order valence-corrected chi connectivity index (χ0v) is 9.42. The lowest BCUT2D eigenvalue weighted by Gasteiger charge is -2.30. The van der Waals surface area contributed by atoms with E-state index < -0.39 is 11.5 Å². The molecule has 0 fully saturated rings. The van der Waals surface area contributed by atoms with E-state index >= 15 is 0 Å². The first-order chi connectivity index (χ1) is 6.88. The molecule has 0 unspecified atom stereocenters. The predicted molar refractivity (Wildman–Crippen MR) is 58.9 cm³/mol. The van der Waals surface area contributed by atoms with Crippen molar-refractivity contribution >= 4 is 0 Å². The molecule has 0 bridgehead atoms. The summed E-state index contributed by atoms with van der Waals surface area (Å²) in [6.45, 7) is 5.46. The quantitative estimate of drug-likeness (QED) is 0.804. The fraction of sp³-hybridized carbons (Fsp3) is 0.500. The lowest BCUT2D eigenvalue weighted by molar-refractivity contribution is 0.131. The molecule has 0 aliphatic carbocycles. The highest BCUT2D eigenvalue weighted by Gasteiger charge is 2.28. The first-order valence-electron chi connectivity index (χ1n) is 5.01. The maximum atomic E-state index is 13.5. The number of nitrogens with two attached hydrogens (primary N) is 1. The van der Waals surface area contributed by atoms with Gasteiger partial charge in [-0.1, -0.05) is 31.5 Å². The molecule has 1 atom stereocenters. The minimum atomic E-state index is -0.519. The third kappa shape index (κ3) is 2.55. The third-order valence-electron chi connectivity index (χ3n) is 2.74. The van der Waals surface area contributed by atoms with Gasteiger partial charge in [0.05, 0.1) is 0 Å². The van der Waals surface area contributed by atoms with E-state index in [2.05, 4.69) is 0 Å². The SMILES string of the molecule is Cc1ccc(F)c([C@@H](N)C(C)(C)CO)c1. The van der Waals surface area contributed by atoms with Gasteiger partial charge in [0.25, 0.3) is 0 Å². The molecule has 3 N–H and O–H groups in total. The summed E-state index contributed by atoms with van der Waals surface area (Å²) in [4.78, 5) is 0. The maximum absolute atomic E-state index is 13.5. The predicted octanol–water partition coefficient (Wildman–Crippen LogP) is 2.15. The van der Waals surface area contributed by atoms with Gasteiger partial charge in [-0.05, 0) is 13.0 Å². The molecule has 0 saturated heterocycles. The highest BCUT2D eigenvalue weighted by atomic mass is 19.1. The second-order valence-corrected chi connectivity index (χ2v) is 4.65. The Kier molecular flexibility index (Phi) is 3.47. The summed E-state index contributed by atoms with van der Waals surface area (Å²) in [5, 5.41) is 9.18. The average molecular weight is 211 g/mol. The monoisotopic (exact) mass is 211 g/mol. The Bertz CT molecular complexity index is 349. The van der Waals surface area contributed by atoms with Gasteiger partial charge in [0.2, 0.25) is 0 Å². The molecular weight excluding hydrogens is 193 g/mol. The Morgan fingerprint density at radius 3 is 2.60 bits per heavy atom. The number of aryl methyl sites for hydroxylation is 1. The number of halogens is 1. The minimum Gasteiger partial charge on any atom is -0.396 e. The normalized spacial score (nSPS) is 14.0. The zero-order chi connectivity index (χ0) is 11.6. The number of aliphatic hydroxyl groups excluding tert-OH is 1. The van der Waals surface area contributed by atoms with E-state index in [0.717, 1.165) is 5.56 Å². The molecule has 15 heavy (non-hydrogen) atoms. The van der Waals surface area contributed by atoms with Crippen molar-refractivity contribution in [1.82, 2.24) is 0 Å². The van der Waals surface area contributed by atoms with E-state index in [1.54, 1.807) is 12.1 Å². The fourth-order valence-electron chi connectivity index (χ4n) is 1.42. The van der Waals surface area contributed by atoms with Gasteiger partial charge >= 0.3 is 0 Å². The van der Waals surface area contributed by atoms with Crippen LogP contribution in [0.25, 0.3) is 0 Å². The van der Waals surface area contributed by atoms with Gasteiger partial charge in [-0.2, -0.15) is 0 Å². The van der Waals surface area contributed by atoms with E-state index in [9.17, 15) is 9.50 Å². The van der Waals surface area contributed by atoms with Crippen molar-refractivity contribution in [3.63, 3.8) is 0 Å². The highest BCUT2D eigenvalue weighted by Crippen LogP contribution is 2.32. The molecule has 0 aliphatic heterocycles. The van der Waals surface area contributed by atoms with Crippen LogP contribution in [0.1, 0.15) is 31.0 Å². The summed E-state index contributed by atoms with van der Waals surface area (Å²) in [5.41, 5.74) is 6.87. The Hall–Kier alpha value is -0.930. The van der Waals surface area contributed by atoms with Crippen molar-refractivity contribution in [2.45, 2.75) is 26.8 Å². The van der Waals surface area contributed by atoms with Gasteiger partial charge in [0, 0.05) is 23.6 Å². The maximum Gasteiger partial charge on any atom is 0.128 e. The zero-order valence-electron chi connectivity index (χ0n) is 9.42. The summed E-state index contributed by atoms with van der Waals surface area (Å²) >= 11 is 0. The molecular formula is C12H18FNO. The van der Waals surface area contributed by atoms with Gasteiger partial charge in [-0.25, -0.2) is 4.39 Å². The lowest BCUT2D eigenvalue weighted by atomic mass is 9.81. The number of aliphatic hydroxyl groups is 1. The standard InChI is InChI=1S/C12H18FNO/c1-8-4-5-10(13)9(6-8)11(14)12(2,3)7-15/h4-6,11,15H,7,14H2,1-3H3/t11-/m1/s1. The van der Waals surface area contributed by atoms with Crippen LogP contribution in [0, 0.1) is 18.2 Å².